The summed E-state index contributed by atoms with van der Waals surface area (Å²) in [6.07, 6.45) is 5.69. The van der Waals surface area contributed by atoms with E-state index in [1.807, 2.05) is 4.90 Å². The minimum Gasteiger partial charge on any atom is -0.328 e. The van der Waals surface area contributed by atoms with Crippen LogP contribution >= 0.6 is 0 Å². The van der Waals surface area contributed by atoms with Gasteiger partial charge in [-0.25, -0.2) is 0 Å². The molecule has 1 unspecified atom stereocenters. The summed E-state index contributed by atoms with van der Waals surface area (Å²) in [7, 11) is 2.18. The lowest BCUT2D eigenvalue weighted by molar-refractivity contribution is -0.130. The van der Waals surface area contributed by atoms with Crippen molar-refractivity contribution in [2.75, 3.05) is 33.4 Å². The lowest BCUT2D eigenvalue weighted by atomic mass is 9.80. The predicted molar refractivity (Wildman–Crippen MR) is 77.9 cm³/mol. The number of nitrogens with one attached hydrogen (secondary N) is 1. The molecule has 0 radical (unpaired) electrons. The second-order valence-corrected chi connectivity index (χ2v) is 6.71. The van der Waals surface area contributed by atoms with E-state index in [-0.39, 0.29) is 6.04 Å². The maximum Gasteiger partial charge on any atom is 0.240 e. The van der Waals surface area contributed by atoms with Crippen LogP contribution in [0.3, 0.4) is 0 Å². The molecule has 0 bridgehead atoms. The van der Waals surface area contributed by atoms with Gasteiger partial charge in [0.05, 0.1) is 12.7 Å². The Balaban J connectivity index is 1.84. The molecule has 0 saturated carbocycles. The fourth-order valence-electron chi connectivity index (χ4n) is 3.15. The molecule has 0 aromatic rings. The van der Waals surface area contributed by atoms with E-state index in [4.69, 9.17) is 0 Å². The normalized spacial score (nSPS) is 28.1. The molecule has 1 atom stereocenters. The summed E-state index contributed by atoms with van der Waals surface area (Å²) < 4.78 is 0. The average Bonchev–Trinajstić information content (AvgIpc) is 2.72. The Morgan fingerprint density at radius 1 is 1.37 bits per heavy atom. The number of hydrogen-bond acceptors (Lipinski definition) is 3. The molecule has 2 rings (SSSR count). The Morgan fingerprint density at radius 3 is 2.68 bits per heavy atom. The molecule has 2 heterocycles. The highest BCUT2D eigenvalue weighted by Crippen LogP contribution is 2.32. The molecule has 0 aliphatic carbocycles. The van der Waals surface area contributed by atoms with Crippen LogP contribution in [0.1, 0.15) is 46.0 Å². The monoisotopic (exact) mass is 267 g/mol. The highest BCUT2D eigenvalue weighted by Gasteiger charge is 2.37. The van der Waals surface area contributed by atoms with Crippen molar-refractivity contribution in [2.24, 2.45) is 5.41 Å². The minimum absolute atomic E-state index is 0.0785. The van der Waals surface area contributed by atoms with Crippen LogP contribution in [0.2, 0.25) is 0 Å². The van der Waals surface area contributed by atoms with Gasteiger partial charge in [-0.05, 0) is 44.8 Å². The van der Waals surface area contributed by atoms with Gasteiger partial charge in [-0.2, -0.15) is 0 Å². The van der Waals surface area contributed by atoms with Gasteiger partial charge in [-0.3, -0.25) is 10.1 Å². The molecule has 0 aromatic heterocycles. The van der Waals surface area contributed by atoms with Crippen molar-refractivity contribution in [1.29, 1.82) is 0 Å². The molecule has 19 heavy (non-hydrogen) atoms. The zero-order valence-electron chi connectivity index (χ0n) is 12.7. The number of hydrogen-bond donors (Lipinski definition) is 1. The van der Waals surface area contributed by atoms with Crippen molar-refractivity contribution in [3.8, 4) is 0 Å². The van der Waals surface area contributed by atoms with Crippen molar-refractivity contribution in [1.82, 2.24) is 15.1 Å². The lowest BCUT2D eigenvalue weighted by Crippen LogP contribution is -2.44. The molecule has 4 nitrogen and oxygen atoms in total. The zero-order valence-corrected chi connectivity index (χ0v) is 12.7. The third-order valence-electron chi connectivity index (χ3n) is 4.75. The number of rotatable bonds is 5. The van der Waals surface area contributed by atoms with Gasteiger partial charge >= 0.3 is 0 Å². The summed E-state index contributed by atoms with van der Waals surface area (Å²) in [5.74, 6) is 0.327. The molecule has 2 saturated heterocycles. The Bertz CT molecular complexity index is 311. The van der Waals surface area contributed by atoms with Crippen LogP contribution in [0.5, 0.6) is 0 Å². The van der Waals surface area contributed by atoms with Gasteiger partial charge in [-0.1, -0.05) is 26.7 Å². The molecule has 2 aliphatic heterocycles. The first-order chi connectivity index (χ1) is 9.04. The summed E-state index contributed by atoms with van der Waals surface area (Å²) in [6, 6.07) is 0.0785. The molecule has 4 heteroatoms. The van der Waals surface area contributed by atoms with Crippen molar-refractivity contribution in [3.05, 3.63) is 0 Å². The first kappa shape index (κ1) is 14.8. The van der Waals surface area contributed by atoms with Gasteiger partial charge in [0.15, 0.2) is 0 Å². The first-order valence-corrected chi connectivity index (χ1v) is 7.75. The van der Waals surface area contributed by atoms with Crippen LogP contribution in [0.25, 0.3) is 0 Å². The lowest BCUT2D eigenvalue weighted by Gasteiger charge is -2.40. The van der Waals surface area contributed by atoms with Crippen LogP contribution in [-0.4, -0.2) is 55.1 Å². The summed E-state index contributed by atoms with van der Waals surface area (Å²) in [5.41, 5.74) is 0.309. The van der Waals surface area contributed by atoms with Crippen LogP contribution in [-0.2, 0) is 4.79 Å². The van der Waals surface area contributed by atoms with Gasteiger partial charge in [0.2, 0.25) is 5.91 Å². The Kier molecular flexibility index (Phi) is 4.85. The van der Waals surface area contributed by atoms with E-state index < -0.39 is 0 Å². The number of carbonyl (C=O) groups excluding carboxylic acids is 1. The molecule has 2 fully saturated rings. The quantitative estimate of drug-likeness (QED) is 0.823. The van der Waals surface area contributed by atoms with E-state index >= 15 is 0 Å². The van der Waals surface area contributed by atoms with Gasteiger partial charge in [0.25, 0.3) is 0 Å². The summed E-state index contributed by atoms with van der Waals surface area (Å²) in [5, 5.41) is 3.37. The summed E-state index contributed by atoms with van der Waals surface area (Å²) in [6.45, 7) is 8.51. The zero-order chi connectivity index (χ0) is 13.9. The topological polar surface area (TPSA) is 35.6 Å². The highest BCUT2D eigenvalue weighted by molar-refractivity contribution is 5.83. The number of piperidine rings is 1. The molecule has 1 N–H and O–H groups in total. The Labute approximate surface area is 117 Å². The van der Waals surface area contributed by atoms with Crippen molar-refractivity contribution >= 4 is 5.91 Å². The fraction of sp³-hybridized carbons (Fsp3) is 0.933. The summed E-state index contributed by atoms with van der Waals surface area (Å²) >= 11 is 0. The average molecular weight is 267 g/mol. The Morgan fingerprint density at radius 2 is 2.05 bits per heavy atom. The van der Waals surface area contributed by atoms with E-state index in [2.05, 4.69) is 31.1 Å². The second kappa shape index (κ2) is 6.23. The maximum absolute atomic E-state index is 12.3. The highest BCUT2D eigenvalue weighted by atomic mass is 16.2. The van der Waals surface area contributed by atoms with E-state index in [0.29, 0.717) is 11.3 Å². The third kappa shape index (κ3) is 3.69. The van der Waals surface area contributed by atoms with E-state index in [0.717, 1.165) is 45.6 Å². The van der Waals surface area contributed by atoms with Crippen LogP contribution in [0.15, 0.2) is 0 Å². The molecule has 2 aliphatic rings. The fourth-order valence-corrected chi connectivity index (χ4v) is 3.15. The van der Waals surface area contributed by atoms with Crippen LogP contribution in [0.4, 0.5) is 0 Å². The van der Waals surface area contributed by atoms with Crippen molar-refractivity contribution in [2.45, 2.75) is 52.0 Å². The number of likely N-dealkylation sites (tertiary alicyclic amines) is 1. The van der Waals surface area contributed by atoms with Crippen molar-refractivity contribution < 1.29 is 4.79 Å². The van der Waals surface area contributed by atoms with E-state index in [1.165, 1.54) is 12.8 Å². The Hall–Kier alpha value is -0.610. The number of amides is 1. The molecule has 0 aromatic carbocycles. The number of unbranched alkanes of at least 4 members (excludes halogenated alkanes) is 1. The summed E-state index contributed by atoms with van der Waals surface area (Å²) in [4.78, 5) is 16.8. The largest absolute Gasteiger partial charge is 0.328 e. The predicted octanol–water partition coefficient (Wildman–Crippen LogP) is 1.67. The minimum atomic E-state index is 0.0785. The van der Waals surface area contributed by atoms with Gasteiger partial charge < -0.3 is 9.80 Å². The number of nitrogens with zero attached hydrogens (tertiary/aromatic N) is 2. The van der Waals surface area contributed by atoms with Crippen LogP contribution in [0, 0.1) is 5.41 Å². The molecule has 0 spiro atoms. The standard InChI is InChI=1S/C15H29N3O/c1-4-5-6-13-14(19)18(12-16-13)11-15(2)7-9-17(3)10-8-15/h13,16H,4-12H2,1-3H3. The molecule has 1 amide bonds. The van der Waals surface area contributed by atoms with Gasteiger partial charge in [0.1, 0.15) is 0 Å². The molecular formula is C15H29N3O. The van der Waals surface area contributed by atoms with E-state index in [1.54, 1.807) is 0 Å². The van der Waals surface area contributed by atoms with E-state index in [9.17, 15) is 4.79 Å². The maximum atomic E-state index is 12.3. The van der Waals surface area contributed by atoms with Crippen LogP contribution < -0.4 is 5.32 Å². The van der Waals surface area contributed by atoms with Crippen molar-refractivity contribution in [3.63, 3.8) is 0 Å². The molecule has 110 valence electrons. The molecular weight excluding hydrogens is 238 g/mol. The third-order valence-corrected chi connectivity index (χ3v) is 4.75. The second-order valence-electron chi connectivity index (χ2n) is 6.71. The smallest absolute Gasteiger partial charge is 0.240 e. The first-order valence-electron chi connectivity index (χ1n) is 7.75. The number of carbonyl (C=O) groups is 1. The SMILES string of the molecule is CCCCC1NCN(CC2(C)CCN(C)CC2)C1=O. The van der Waals surface area contributed by atoms with Gasteiger partial charge in [-0.15, -0.1) is 0 Å². The van der Waals surface area contributed by atoms with Gasteiger partial charge in [0, 0.05) is 6.54 Å².